The Bertz CT molecular complexity index is 777. The highest BCUT2D eigenvalue weighted by molar-refractivity contribution is 9.11. The number of hydrogen-bond acceptors (Lipinski definition) is 4. The van der Waals surface area contributed by atoms with E-state index in [1.54, 1.807) is 12.3 Å². The van der Waals surface area contributed by atoms with Crippen molar-refractivity contribution in [1.82, 2.24) is 9.91 Å². The van der Waals surface area contributed by atoms with Crippen molar-refractivity contribution in [2.75, 3.05) is 26.2 Å². The van der Waals surface area contributed by atoms with Gasteiger partial charge in [0.1, 0.15) is 5.75 Å². The predicted octanol–water partition coefficient (Wildman–Crippen LogP) is 4.72. The Hall–Kier alpha value is -1.08. The third kappa shape index (κ3) is 4.97. The molecule has 7 heteroatoms. The Kier molecular flexibility index (Phi) is 6.39. The zero-order chi connectivity index (χ0) is 17.8. The number of benzene rings is 2. The molecule has 0 bridgehead atoms. The normalized spacial score (nSPS) is 15.9. The second-order valence-corrected chi connectivity index (χ2v) is 8.07. The van der Waals surface area contributed by atoms with Crippen LogP contribution in [0, 0.1) is 0 Å². The molecule has 0 aromatic heterocycles. The van der Waals surface area contributed by atoms with Gasteiger partial charge in [-0.2, -0.15) is 5.10 Å². The molecule has 1 aliphatic heterocycles. The lowest BCUT2D eigenvalue weighted by Crippen LogP contribution is -2.43. The van der Waals surface area contributed by atoms with Gasteiger partial charge >= 0.3 is 0 Å². The molecule has 2 aromatic rings. The van der Waals surface area contributed by atoms with Crippen molar-refractivity contribution in [3.8, 4) is 5.75 Å². The number of phenolic OH excluding ortho intramolecular Hbond substituents is 1. The SMILES string of the molecule is Oc1c(Br)cc(Br)cc1/C=N\N1CCN(Cc2ccccc2Cl)CC1. The summed E-state index contributed by atoms with van der Waals surface area (Å²) in [6.07, 6.45) is 1.70. The largest absolute Gasteiger partial charge is 0.506 e. The molecule has 1 heterocycles. The van der Waals surface area contributed by atoms with Crippen molar-refractivity contribution in [1.29, 1.82) is 0 Å². The Morgan fingerprint density at radius 2 is 1.84 bits per heavy atom. The van der Waals surface area contributed by atoms with Crippen LogP contribution in [0.2, 0.25) is 5.02 Å². The highest BCUT2D eigenvalue weighted by Crippen LogP contribution is 2.30. The van der Waals surface area contributed by atoms with E-state index < -0.39 is 0 Å². The van der Waals surface area contributed by atoms with E-state index in [0.29, 0.717) is 10.0 Å². The van der Waals surface area contributed by atoms with Crippen molar-refractivity contribution in [2.45, 2.75) is 6.54 Å². The molecule has 2 aromatic carbocycles. The third-order valence-electron chi connectivity index (χ3n) is 4.12. The minimum Gasteiger partial charge on any atom is -0.506 e. The molecule has 1 N–H and O–H groups in total. The molecule has 25 heavy (non-hydrogen) atoms. The van der Waals surface area contributed by atoms with Gasteiger partial charge in [0.2, 0.25) is 0 Å². The van der Waals surface area contributed by atoms with Gasteiger partial charge in [0.15, 0.2) is 0 Å². The van der Waals surface area contributed by atoms with Gasteiger partial charge in [-0.3, -0.25) is 9.91 Å². The van der Waals surface area contributed by atoms with Crippen LogP contribution < -0.4 is 0 Å². The first-order chi connectivity index (χ1) is 12.0. The maximum Gasteiger partial charge on any atom is 0.138 e. The first-order valence-electron chi connectivity index (χ1n) is 7.95. The summed E-state index contributed by atoms with van der Waals surface area (Å²) in [7, 11) is 0. The molecule has 3 rings (SSSR count). The van der Waals surface area contributed by atoms with E-state index in [-0.39, 0.29) is 5.75 Å². The fraction of sp³-hybridized carbons (Fsp3) is 0.278. The van der Waals surface area contributed by atoms with Crippen LogP contribution in [0.4, 0.5) is 0 Å². The van der Waals surface area contributed by atoms with E-state index >= 15 is 0 Å². The van der Waals surface area contributed by atoms with E-state index in [9.17, 15) is 5.11 Å². The van der Waals surface area contributed by atoms with Gasteiger partial charge in [-0.25, -0.2) is 0 Å². The zero-order valence-corrected chi connectivity index (χ0v) is 17.4. The fourth-order valence-electron chi connectivity index (χ4n) is 2.71. The lowest BCUT2D eigenvalue weighted by atomic mass is 10.2. The number of hydrazone groups is 1. The molecule has 0 aliphatic carbocycles. The molecule has 0 saturated carbocycles. The number of rotatable bonds is 4. The van der Waals surface area contributed by atoms with Crippen LogP contribution in [0.25, 0.3) is 0 Å². The maximum atomic E-state index is 10.1. The molecule has 1 saturated heterocycles. The van der Waals surface area contributed by atoms with Gasteiger partial charge in [-0.05, 0) is 39.7 Å². The number of hydrogen-bond donors (Lipinski definition) is 1. The second kappa shape index (κ2) is 8.54. The Labute approximate surface area is 169 Å². The van der Waals surface area contributed by atoms with Crippen LogP contribution in [0.3, 0.4) is 0 Å². The molecular formula is C18H18Br2ClN3O. The van der Waals surface area contributed by atoms with Crippen LogP contribution in [0.1, 0.15) is 11.1 Å². The van der Waals surface area contributed by atoms with Crippen LogP contribution in [0.15, 0.2) is 50.4 Å². The number of aromatic hydroxyl groups is 1. The summed E-state index contributed by atoms with van der Waals surface area (Å²) in [4.78, 5) is 2.38. The number of phenols is 1. The molecule has 1 fully saturated rings. The van der Waals surface area contributed by atoms with Gasteiger partial charge in [0, 0.05) is 47.8 Å². The second-order valence-electron chi connectivity index (χ2n) is 5.89. The molecule has 0 atom stereocenters. The van der Waals surface area contributed by atoms with E-state index in [4.69, 9.17) is 11.6 Å². The van der Waals surface area contributed by atoms with Gasteiger partial charge in [0.05, 0.1) is 10.7 Å². The number of nitrogens with zero attached hydrogens (tertiary/aromatic N) is 3. The quantitative estimate of drug-likeness (QED) is 0.635. The lowest BCUT2D eigenvalue weighted by molar-refractivity contribution is 0.131. The molecule has 0 radical (unpaired) electrons. The minimum atomic E-state index is 0.198. The number of piperazine rings is 1. The Morgan fingerprint density at radius 3 is 2.56 bits per heavy atom. The summed E-state index contributed by atoms with van der Waals surface area (Å²) in [5, 5.41) is 17.4. The fourth-order valence-corrected chi connectivity index (χ4v) is 4.16. The molecule has 4 nitrogen and oxygen atoms in total. The summed E-state index contributed by atoms with van der Waals surface area (Å²) < 4.78 is 1.54. The predicted molar refractivity (Wildman–Crippen MR) is 109 cm³/mol. The summed E-state index contributed by atoms with van der Waals surface area (Å²) in [6, 6.07) is 11.6. The van der Waals surface area contributed by atoms with Crippen LogP contribution in [-0.4, -0.2) is 47.4 Å². The Balaban J connectivity index is 1.57. The Morgan fingerprint density at radius 1 is 1.12 bits per heavy atom. The first kappa shape index (κ1) is 18.7. The van der Waals surface area contributed by atoms with E-state index in [0.717, 1.165) is 47.8 Å². The van der Waals surface area contributed by atoms with Crippen LogP contribution >= 0.6 is 43.5 Å². The maximum absolute atomic E-state index is 10.1. The average molecular weight is 488 g/mol. The monoisotopic (exact) mass is 485 g/mol. The standard InChI is InChI=1S/C18H18Br2ClN3O/c19-15-9-14(18(25)16(20)10-15)11-22-24-7-5-23(6-8-24)12-13-3-1-2-4-17(13)21/h1-4,9-11,25H,5-8,12H2/b22-11-. The topological polar surface area (TPSA) is 39.1 Å². The van der Waals surface area contributed by atoms with Crippen LogP contribution in [0.5, 0.6) is 5.75 Å². The molecular weight excluding hydrogens is 469 g/mol. The van der Waals surface area contributed by atoms with Gasteiger partial charge in [0.25, 0.3) is 0 Å². The lowest BCUT2D eigenvalue weighted by Gasteiger charge is -2.33. The summed E-state index contributed by atoms with van der Waals surface area (Å²) in [5.41, 5.74) is 1.84. The van der Waals surface area contributed by atoms with E-state index in [1.807, 2.05) is 29.3 Å². The highest BCUT2D eigenvalue weighted by atomic mass is 79.9. The van der Waals surface area contributed by atoms with Crippen molar-refractivity contribution in [3.63, 3.8) is 0 Å². The zero-order valence-electron chi connectivity index (χ0n) is 13.5. The van der Waals surface area contributed by atoms with Gasteiger partial charge in [-0.15, -0.1) is 0 Å². The smallest absolute Gasteiger partial charge is 0.138 e. The number of halogens is 3. The first-order valence-corrected chi connectivity index (χ1v) is 9.92. The molecule has 0 unspecified atom stereocenters. The summed E-state index contributed by atoms with van der Waals surface area (Å²) >= 11 is 13.0. The third-order valence-corrected chi connectivity index (χ3v) is 5.55. The molecule has 132 valence electrons. The van der Waals surface area contributed by atoms with Gasteiger partial charge < -0.3 is 5.11 Å². The van der Waals surface area contributed by atoms with Gasteiger partial charge in [-0.1, -0.05) is 45.7 Å². The molecule has 1 aliphatic rings. The van der Waals surface area contributed by atoms with Crippen molar-refractivity contribution in [2.24, 2.45) is 5.10 Å². The van der Waals surface area contributed by atoms with Crippen molar-refractivity contribution >= 4 is 49.7 Å². The minimum absolute atomic E-state index is 0.198. The summed E-state index contributed by atoms with van der Waals surface area (Å²) in [5.74, 6) is 0.198. The van der Waals surface area contributed by atoms with Crippen molar-refractivity contribution in [3.05, 3.63) is 61.5 Å². The highest BCUT2D eigenvalue weighted by Gasteiger charge is 2.16. The van der Waals surface area contributed by atoms with Crippen LogP contribution in [-0.2, 0) is 6.54 Å². The van der Waals surface area contributed by atoms with Crippen molar-refractivity contribution < 1.29 is 5.11 Å². The molecule has 0 spiro atoms. The summed E-state index contributed by atoms with van der Waals surface area (Å²) in [6.45, 7) is 4.40. The van der Waals surface area contributed by atoms with E-state index in [2.05, 4.69) is 47.9 Å². The average Bonchev–Trinajstić information content (AvgIpc) is 2.60. The molecule has 0 amide bonds. The van der Waals surface area contributed by atoms with E-state index in [1.165, 1.54) is 0 Å².